The molecule has 78 valence electrons. The zero-order valence-corrected chi connectivity index (χ0v) is 8.90. The molecule has 1 N–H and O–H groups in total. The minimum absolute atomic E-state index is 0.270. The molecule has 2 aromatic heterocycles. The minimum Gasteiger partial charge on any atom is -0.477 e. The van der Waals surface area contributed by atoms with Crippen LogP contribution in [0.15, 0.2) is 12.1 Å². The maximum absolute atomic E-state index is 10.9. The molecule has 0 amide bonds. The van der Waals surface area contributed by atoms with Gasteiger partial charge in [0, 0.05) is 12.7 Å². The molecule has 0 saturated heterocycles. The number of hydrogen-bond donors (Lipinski definition) is 1. The van der Waals surface area contributed by atoms with Crippen molar-refractivity contribution in [2.75, 3.05) is 0 Å². The molecule has 0 aliphatic rings. The number of aromatic nitrogens is 2. The molecule has 4 heteroatoms. The summed E-state index contributed by atoms with van der Waals surface area (Å²) in [4.78, 5) is 15.3. The van der Waals surface area contributed by atoms with Gasteiger partial charge in [-0.2, -0.15) is 0 Å². The lowest BCUT2D eigenvalue weighted by Gasteiger charge is -2.03. The Labute approximate surface area is 87.2 Å². The van der Waals surface area contributed by atoms with Gasteiger partial charge in [0.15, 0.2) is 0 Å². The van der Waals surface area contributed by atoms with Crippen molar-refractivity contribution in [1.29, 1.82) is 0 Å². The largest absolute Gasteiger partial charge is 0.477 e. The van der Waals surface area contributed by atoms with Gasteiger partial charge in [0.2, 0.25) is 0 Å². The number of hydrogen-bond acceptors (Lipinski definition) is 2. The second-order valence-corrected chi connectivity index (χ2v) is 3.71. The molecule has 0 saturated carbocycles. The summed E-state index contributed by atoms with van der Waals surface area (Å²) in [7, 11) is 1.75. The predicted molar refractivity (Wildman–Crippen MR) is 57.1 cm³/mol. The standard InChI is InChI=1S/C11H12N2O2/c1-6-4-7(2)12-8-5-9(11(14)15)13(3)10(6)8/h4-5H,1-3H3,(H,14,15). The van der Waals surface area contributed by atoms with E-state index in [0.717, 1.165) is 22.3 Å². The number of aromatic carboxylic acids is 1. The molecule has 0 aliphatic heterocycles. The van der Waals surface area contributed by atoms with Crippen LogP contribution in [0.25, 0.3) is 11.0 Å². The first-order chi connectivity index (χ1) is 7.00. The third-order valence-corrected chi connectivity index (χ3v) is 2.53. The van der Waals surface area contributed by atoms with Crippen LogP contribution >= 0.6 is 0 Å². The van der Waals surface area contributed by atoms with Gasteiger partial charge in [0.05, 0.1) is 11.0 Å². The van der Waals surface area contributed by atoms with Crippen LogP contribution in [0.1, 0.15) is 21.7 Å². The molecule has 0 spiro atoms. The number of rotatable bonds is 1. The maximum atomic E-state index is 10.9. The van der Waals surface area contributed by atoms with Gasteiger partial charge in [0.25, 0.3) is 0 Å². The van der Waals surface area contributed by atoms with Crippen molar-refractivity contribution in [3.05, 3.63) is 29.1 Å². The molecule has 15 heavy (non-hydrogen) atoms. The highest BCUT2D eigenvalue weighted by Gasteiger charge is 2.14. The normalized spacial score (nSPS) is 10.9. The van der Waals surface area contributed by atoms with Crippen LogP contribution in [0.5, 0.6) is 0 Å². The summed E-state index contributed by atoms with van der Waals surface area (Å²) in [6.07, 6.45) is 0. The summed E-state index contributed by atoms with van der Waals surface area (Å²) in [5, 5.41) is 8.98. The molecule has 2 aromatic rings. The predicted octanol–water partition coefficient (Wildman–Crippen LogP) is 1.89. The van der Waals surface area contributed by atoms with Crippen LogP contribution in [0.2, 0.25) is 0 Å². The first-order valence-corrected chi connectivity index (χ1v) is 4.67. The van der Waals surface area contributed by atoms with Crippen LogP contribution in [0.3, 0.4) is 0 Å². The highest BCUT2D eigenvalue weighted by atomic mass is 16.4. The molecule has 0 atom stereocenters. The van der Waals surface area contributed by atoms with E-state index in [9.17, 15) is 4.79 Å². The minimum atomic E-state index is -0.924. The molecule has 0 radical (unpaired) electrons. The Balaban J connectivity index is 2.88. The van der Waals surface area contributed by atoms with Crippen LogP contribution in [-0.4, -0.2) is 20.6 Å². The Morgan fingerprint density at radius 2 is 2.07 bits per heavy atom. The lowest BCUT2D eigenvalue weighted by atomic mass is 10.2. The fourth-order valence-corrected chi connectivity index (χ4v) is 1.95. The van der Waals surface area contributed by atoms with Crippen LogP contribution in [0, 0.1) is 13.8 Å². The molecule has 0 fully saturated rings. The van der Waals surface area contributed by atoms with Crippen molar-refractivity contribution in [2.45, 2.75) is 13.8 Å². The van der Waals surface area contributed by atoms with E-state index in [-0.39, 0.29) is 5.69 Å². The Bertz CT molecular complexity index is 555. The summed E-state index contributed by atoms with van der Waals surface area (Å²) in [5.74, 6) is -0.924. The van der Waals surface area contributed by atoms with E-state index >= 15 is 0 Å². The molecular weight excluding hydrogens is 192 g/mol. The summed E-state index contributed by atoms with van der Waals surface area (Å²) >= 11 is 0. The second kappa shape index (κ2) is 3.08. The molecular formula is C11H12N2O2. The highest BCUT2D eigenvalue weighted by molar-refractivity contribution is 5.94. The van der Waals surface area contributed by atoms with Crippen molar-refractivity contribution in [2.24, 2.45) is 7.05 Å². The third kappa shape index (κ3) is 1.38. The van der Waals surface area contributed by atoms with E-state index in [1.165, 1.54) is 0 Å². The van der Waals surface area contributed by atoms with E-state index < -0.39 is 5.97 Å². The molecule has 2 rings (SSSR count). The lowest BCUT2D eigenvalue weighted by molar-refractivity contribution is 0.0687. The summed E-state index contributed by atoms with van der Waals surface area (Å²) in [5.41, 5.74) is 3.85. The zero-order chi connectivity index (χ0) is 11.2. The summed E-state index contributed by atoms with van der Waals surface area (Å²) in [6, 6.07) is 3.56. The number of nitrogens with zero attached hydrogens (tertiary/aromatic N) is 2. The molecule has 0 bridgehead atoms. The molecule has 2 heterocycles. The van der Waals surface area contributed by atoms with Crippen molar-refractivity contribution in [1.82, 2.24) is 9.55 Å². The van der Waals surface area contributed by atoms with Gasteiger partial charge in [-0.05, 0) is 31.5 Å². The summed E-state index contributed by atoms with van der Waals surface area (Å²) < 4.78 is 1.67. The quantitative estimate of drug-likeness (QED) is 0.771. The van der Waals surface area contributed by atoms with Crippen molar-refractivity contribution < 1.29 is 9.90 Å². The number of carboxylic acids is 1. The van der Waals surface area contributed by atoms with Gasteiger partial charge >= 0.3 is 5.97 Å². The number of carbonyl (C=O) groups is 1. The average molecular weight is 204 g/mol. The van der Waals surface area contributed by atoms with E-state index in [1.807, 2.05) is 19.9 Å². The van der Waals surface area contributed by atoms with Crippen LogP contribution < -0.4 is 0 Å². The fourth-order valence-electron chi connectivity index (χ4n) is 1.95. The van der Waals surface area contributed by atoms with Crippen molar-refractivity contribution in [3.8, 4) is 0 Å². The first-order valence-electron chi connectivity index (χ1n) is 4.67. The highest BCUT2D eigenvalue weighted by Crippen LogP contribution is 2.21. The smallest absolute Gasteiger partial charge is 0.352 e. The zero-order valence-electron chi connectivity index (χ0n) is 8.90. The fraction of sp³-hybridized carbons (Fsp3) is 0.273. The Hall–Kier alpha value is -1.84. The number of pyridine rings is 1. The Morgan fingerprint density at radius 3 is 2.67 bits per heavy atom. The molecule has 0 aliphatic carbocycles. The van der Waals surface area contributed by atoms with E-state index in [4.69, 9.17) is 5.11 Å². The van der Waals surface area contributed by atoms with E-state index in [0.29, 0.717) is 0 Å². The van der Waals surface area contributed by atoms with Gasteiger partial charge in [-0.25, -0.2) is 4.79 Å². The molecule has 4 nitrogen and oxygen atoms in total. The van der Waals surface area contributed by atoms with E-state index in [2.05, 4.69) is 4.98 Å². The Kier molecular flexibility index (Phi) is 2.00. The van der Waals surface area contributed by atoms with Crippen LogP contribution in [0.4, 0.5) is 0 Å². The van der Waals surface area contributed by atoms with Gasteiger partial charge in [-0.15, -0.1) is 0 Å². The molecule has 0 aromatic carbocycles. The topological polar surface area (TPSA) is 55.1 Å². The van der Waals surface area contributed by atoms with Crippen LogP contribution in [-0.2, 0) is 7.05 Å². The third-order valence-electron chi connectivity index (χ3n) is 2.53. The monoisotopic (exact) mass is 204 g/mol. The number of fused-ring (bicyclic) bond motifs is 1. The number of carboxylic acid groups (broad SMARTS) is 1. The summed E-state index contributed by atoms with van der Waals surface area (Å²) in [6.45, 7) is 3.86. The van der Waals surface area contributed by atoms with Crippen molar-refractivity contribution in [3.63, 3.8) is 0 Å². The maximum Gasteiger partial charge on any atom is 0.352 e. The SMILES string of the molecule is Cc1cc(C)c2c(cc(C(=O)O)n2C)n1. The van der Waals surface area contributed by atoms with Gasteiger partial charge < -0.3 is 9.67 Å². The number of aryl methyl sites for hydroxylation is 3. The average Bonchev–Trinajstić information content (AvgIpc) is 2.42. The first kappa shape index (κ1) is 9.71. The van der Waals surface area contributed by atoms with Gasteiger partial charge in [0.1, 0.15) is 5.69 Å². The van der Waals surface area contributed by atoms with Gasteiger partial charge in [-0.1, -0.05) is 0 Å². The van der Waals surface area contributed by atoms with E-state index in [1.54, 1.807) is 17.7 Å². The van der Waals surface area contributed by atoms with Crippen molar-refractivity contribution >= 4 is 17.0 Å². The lowest BCUT2D eigenvalue weighted by Crippen LogP contribution is -2.04. The molecule has 0 unspecified atom stereocenters. The second-order valence-electron chi connectivity index (χ2n) is 3.71. The Morgan fingerprint density at radius 1 is 1.40 bits per heavy atom. The van der Waals surface area contributed by atoms with Gasteiger partial charge in [-0.3, -0.25) is 4.98 Å².